The highest BCUT2D eigenvalue weighted by atomic mass is 35.5. The monoisotopic (exact) mass is 378 g/mol. The molecule has 1 amide bonds. The minimum Gasteiger partial charge on any atom is -0.493 e. The normalized spacial score (nSPS) is 12.4. The highest BCUT2D eigenvalue weighted by molar-refractivity contribution is 6.05. The van der Waals surface area contributed by atoms with Crippen molar-refractivity contribution < 1.29 is 19.0 Å². The molecule has 0 bridgehead atoms. The zero-order valence-electron chi connectivity index (χ0n) is 15.0. The number of methoxy groups -OCH3 is 3. The molecule has 2 aromatic rings. The lowest BCUT2D eigenvalue weighted by Crippen LogP contribution is -2.23. The lowest BCUT2D eigenvalue weighted by molar-refractivity contribution is 0.102. The average molecular weight is 379 g/mol. The maximum absolute atomic E-state index is 12.6. The van der Waals surface area contributed by atoms with Gasteiger partial charge in [0.25, 0.3) is 5.91 Å². The number of benzene rings is 2. The van der Waals surface area contributed by atoms with Crippen molar-refractivity contribution in [2.75, 3.05) is 33.2 Å². The van der Waals surface area contributed by atoms with Crippen molar-refractivity contribution in [2.45, 2.75) is 13.0 Å². The fourth-order valence-corrected chi connectivity index (χ4v) is 2.97. The number of nitrogens with one attached hydrogen (secondary N) is 2. The molecule has 3 rings (SSSR count). The Kier molecular flexibility index (Phi) is 6.71. The van der Waals surface area contributed by atoms with Crippen molar-refractivity contribution in [1.29, 1.82) is 0 Å². The third-order valence-corrected chi connectivity index (χ3v) is 4.28. The van der Waals surface area contributed by atoms with E-state index >= 15 is 0 Å². The highest BCUT2D eigenvalue weighted by Gasteiger charge is 2.17. The van der Waals surface area contributed by atoms with Gasteiger partial charge in [-0.2, -0.15) is 0 Å². The Balaban J connectivity index is 0.00000243. The zero-order valence-corrected chi connectivity index (χ0v) is 15.9. The van der Waals surface area contributed by atoms with Crippen LogP contribution in [0.25, 0.3) is 0 Å². The molecule has 140 valence electrons. The lowest BCUT2D eigenvalue weighted by Gasteiger charge is -2.18. The minimum atomic E-state index is -0.233. The first kappa shape index (κ1) is 19.9. The van der Waals surface area contributed by atoms with Crippen molar-refractivity contribution in [3.8, 4) is 17.2 Å². The molecule has 0 spiro atoms. The molecule has 0 aliphatic carbocycles. The standard InChI is InChI=1S/C19H22N2O4.ClH/c1-23-16-9-13(10-17(24-2)18(16)25-3)19(22)21-15-5-4-12-6-7-20-11-14(12)8-15;/h4-5,8-10,20H,6-7,11H2,1-3H3,(H,21,22);1H. The van der Waals surface area contributed by atoms with Gasteiger partial charge >= 0.3 is 0 Å². The van der Waals surface area contributed by atoms with Gasteiger partial charge in [0.2, 0.25) is 5.75 Å². The summed E-state index contributed by atoms with van der Waals surface area (Å²) < 4.78 is 15.9. The zero-order chi connectivity index (χ0) is 17.8. The Morgan fingerprint density at radius 1 is 1.00 bits per heavy atom. The highest BCUT2D eigenvalue weighted by Crippen LogP contribution is 2.38. The first-order valence-corrected chi connectivity index (χ1v) is 8.10. The van der Waals surface area contributed by atoms with Crippen LogP contribution in [0.5, 0.6) is 17.2 Å². The lowest BCUT2D eigenvalue weighted by atomic mass is 10.0. The van der Waals surface area contributed by atoms with Gasteiger partial charge in [-0.3, -0.25) is 4.79 Å². The van der Waals surface area contributed by atoms with E-state index in [1.54, 1.807) is 12.1 Å². The molecule has 0 saturated carbocycles. The Hall–Kier alpha value is -2.44. The number of hydrogen-bond acceptors (Lipinski definition) is 5. The summed E-state index contributed by atoms with van der Waals surface area (Å²) in [6.07, 6.45) is 1.01. The first-order chi connectivity index (χ1) is 12.2. The Morgan fingerprint density at radius 2 is 1.69 bits per heavy atom. The molecule has 26 heavy (non-hydrogen) atoms. The van der Waals surface area contributed by atoms with Gasteiger partial charge in [-0.1, -0.05) is 6.07 Å². The van der Waals surface area contributed by atoms with Gasteiger partial charge in [0.1, 0.15) is 0 Å². The van der Waals surface area contributed by atoms with Gasteiger partial charge in [-0.15, -0.1) is 12.4 Å². The maximum Gasteiger partial charge on any atom is 0.255 e. The van der Waals surface area contributed by atoms with Crippen LogP contribution >= 0.6 is 12.4 Å². The number of rotatable bonds is 5. The summed E-state index contributed by atoms with van der Waals surface area (Å²) in [6, 6.07) is 9.28. The summed E-state index contributed by atoms with van der Waals surface area (Å²) in [5.74, 6) is 1.12. The molecule has 1 aliphatic rings. The van der Waals surface area contributed by atoms with Crippen LogP contribution in [0.15, 0.2) is 30.3 Å². The third-order valence-electron chi connectivity index (χ3n) is 4.28. The van der Waals surface area contributed by atoms with Crippen LogP contribution in [0.3, 0.4) is 0 Å². The van der Waals surface area contributed by atoms with Crippen LogP contribution in [-0.2, 0) is 13.0 Å². The molecule has 0 saturated heterocycles. The van der Waals surface area contributed by atoms with Gasteiger partial charge in [0.15, 0.2) is 11.5 Å². The van der Waals surface area contributed by atoms with Crippen LogP contribution in [0.2, 0.25) is 0 Å². The second-order valence-electron chi connectivity index (χ2n) is 5.78. The second kappa shape index (κ2) is 8.78. The van der Waals surface area contributed by atoms with Crippen molar-refractivity contribution in [1.82, 2.24) is 5.32 Å². The summed E-state index contributed by atoms with van der Waals surface area (Å²) >= 11 is 0. The van der Waals surface area contributed by atoms with Gasteiger partial charge < -0.3 is 24.8 Å². The smallest absolute Gasteiger partial charge is 0.255 e. The molecule has 7 heteroatoms. The number of amides is 1. The molecule has 0 atom stereocenters. The SMILES string of the molecule is COc1cc(C(=O)Nc2ccc3c(c2)CNCC3)cc(OC)c1OC.Cl. The van der Waals surface area contributed by atoms with Crippen molar-refractivity contribution >= 4 is 24.0 Å². The first-order valence-electron chi connectivity index (χ1n) is 8.10. The van der Waals surface area contributed by atoms with E-state index in [4.69, 9.17) is 14.2 Å². The Bertz CT molecular complexity index is 770. The molecule has 0 fully saturated rings. The number of carbonyl (C=O) groups is 1. The quantitative estimate of drug-likeness (QED) is 0.837. The second-order valence-corrected chi connectivity index (χ2v) is 5.78. The van der Waals surface area contributed by atoms with E-state index in [-0.39, 0.29) is 18.3 Å². The number of ether oxygens (including phenoxy) is 3. The van der Waals surface area contributed by atoms with Gasteiger partial charge in [0.05, 0.1) is 21.3 Å². The fraction of sp³-hybridized carbons (Fsp3) is 0.316. The van der Waals surface area contributed by atoms with Crippen LogP contribution < -0.4 is 24.8 Å². The fourth-order valence-electron chi connectivity index (χ4n) is 2.97. The molecule has 0 radical (unpaired) electrons. The van der Waals surface area contributed by atoms with Crippen molar-refractivity contribution in [3.63, 3.8) is 0 Å². The van der Waals surface area contributed by atoms with Gasteiger partial charge in [-0.25, -0.2) is 0 Å². The molecule has 2 N–H and O–H groups in total. The van der Waals surface area contributed by atoms with Crippen LogP contribution in [0.4, 0.5) is 5.69 Å². The topological polar surface area (TPSA) is 68.8 Å². The molecule has 0 unspecified atom stereocenters. The Morgan fingerprint density at radius 3 is 2.31 bits per heavy atom. The molecular formula is C19H23ClN2O4. The molecule has 2 aromatic carbocycles. The van der Waals surface area contributed by atoms with Crippen LogP contribution in [0.1, 0.15) is 21.5 Å². The van der Waals surface area contributed by atoms with Gasteiger partial charge in [-0.05, 0) is 48.4 Å². The summed E-state index contributed by atoms with van der Waals surface area (Å²) in [4.78, 5) is 12.6. The summed E-state index contributed by atoms with van der Waals surface area (Å²) in [7, 11) is 4.58. The summed E-state index contributed by atoms with van der Waals surface area (Å²) in [5, 5.41) is 6.27. The van der Waals surface area contributed by atoms with Crippen LogP contribution in [0, 0.1) is 0 Å². The molecule has 1 aliphatic heterocycles. The predicted octanol–water partition coefficient (Wildman–Crippen LogP) is 3.03. The average Bonchev–Trinajstić information content (AvgIpc) is 2.66. The van der Waals surface area contributed by atoms with Crippen molar-refractivity contribution in [3.05, 3.63) is 47.0 Å². The predicted molar refractivity (Wildman–Crippen MR) is 103 cm³/mol. The number of hydrogen-bond donors (Lipinski definition) is 2. The molecule has 0 aromatic heterocycles. The minimum absolute atomic E-state index is 0. The number of halogens is 1. The van der Waals surface area contributed by atoms with Crippen molar-refractivity contribution in [2.24, 2.45) is 0 Å². The van der Waals surface area contributed by atoms with E-state index < -0.39 is 0 Å². The van der Waals surface area contributed by atoms with E-state index in [0.29, 0.717) is 22.8 Å². The molecule has 1 heterocycles. The van der Waals surface area contributed by atoms with Crippen LogP contribution in [-0.4, -0.2) is 33.8 Å². The van der Waals surface area contributed by atoms with E-state index in [1.807, 2.05) is 12.1 Å². The number of fused-ring (bicyclic) bond motifs is 1. The maximum atomic E-state index is 12.6. The number of carbonyl (C=O) groups excluding carboxylic acids is 1. The molecule has 6 nitrogen and oxygen atoms in total. The van der Waals surface area contributed by atoms with E-state index in [9.17, 15) is 4.79 Å². The largest absolute Gasteiger partial charge is 0.493 e. The Labute approximate surface area is 159 Å². The van der Waals surface area contributed by atoms with Gasteiger partial charge in [0, 0.05) is 17.8 Å². The molecular weight excluding hydrogens is 356 g/mol. The number of anilines is 1. The third kappa shape index (κ3) is 4.03. The summed E-state index contributed by atoms with van der Waals surface area (Å²) in [6.45, 7) is 1.81. The summed E-state index contributed by atoms with van der Waals surface area (Å²) in [5.41, 5.74) is 3.74. The van der Waals surface area contributed by atoms with E-state index in [0.717, 1.165) is 25.2 Å². The van der Waals surface area contributed by atoms with E-state index in [2.05, 4.69) is 16.7 Å². The van der Waals surface area contributed by atoms with E-state index in [1.165, 1.54) is 32.5 Å².